The van der Waals surface area contributed by atoms with Crippen LogP contribution in [0.15, 0.2) is 18.2 Å². The molecule has 0 spiro atoms. The number of benzene rings is 1. The predicted octanol–water partition coefficient (Wildman–Crippen LogP) is 5.97. The van der Waals surface area contributed by atoms with Crippen molar-refractivity contribution in [3.8, 4) is 0 Å². The summed E-state index contributed by atoms with van der Waals surface area (Å²) in [5.74, 6) is 0.538. The number of carbonyl (C=O) groups excluding carboxylic acids is 1. The van der Waals surface area contributed by atoms with Gasteiger partial charge in [0.1, 0.15) is 5.60 Å². The summed E-state index contributed by atoms with van der Waals surface area (Å²) in [4.78, 5) is 14.4. The highest BCUT2D eigenvalue weighted by atomic mass is 35.5. The van der Waals surface area contributed by atoms with Crippen LogP contribution in [0.3, 0.4) is 0 Å². The van der Waals surface area contributed by atoms with Gasteiger partial charge in [-0.05, 0) is 64.2 Å². The van der Waals surface area contributed by atoms with E-state index in [4.69, 9.17) is 16.3 Å². The molecule has 0 bridgehead atoms. The third-order valence-electron chi connectivity index (χ3n) is 4.25. The number of carbonyl (C=O) groups is 1. The van der Waals surface area contributed by atoms with Gasteiger partial charge >= 0.3 is 6.09 Å². The first-order chi connectivity index (χ1) is 10.8. The molecule has 1 aromatic rings. The minimum atomic E-state index is -0.504. The molecule has 0 radical (unpaired) electrons. The molecular formula is C19H28ClNO2. The van der Waals surface area contributed by atoms with E-state index in [9.17, 15) is 4.79 Å². The Morgan fingerprint density at radius 3 is 2.48 bits per heavy atom. The van der Waals surface area contributed by atoms with Crippen molar-refractivity contribution in [3.05, 3.63) is 28.8 Å². The van der Waals surface area contributed by atoms with Crippen LogP contribution >= 0.6 is 11.6 Å². The van der Waals surface area contributed by atoms with Crippen molar-refractivity contribution >= 4 is 23.4 Å². The first-order valence-corrected chi connectivity index (χ1v) is 8.91. The Hall–Kier alpha value is -1.22. The van der Waals surface area contributed by atoms with Gasteiger partial charge in [0.15, 0.2) is 0 Å². The molecule has 0 unspecified atom stereocenters. The van der Waals surface area contributed by atoms with Crippen molar-refractivity contribution < 1.29 is 9.53 Å². The highest BCUT2D eigenvalue weighted by Crippen LogP contribution is 2.29. The van der Waals surface area contributed by atoms with Crippen LogP contribution in [-0.4, -0.2) is 18.2 Å². The lowest BCUT2D eigenvalue weighted by atomic mass is 9.89. The lowest BCUT2D eigenvalue weighted by molar-refractivity contribution is 0.0572. The zero-order valence-electron chi connectivity index (χ0n) is 14.7. The second-order valence-electron chi connectivity index (χ2n) is 7.53. The number of ether oxygens (including phenoxy) is 1. The maximum Gasteiger partial charge on any atom is 0.414 e. The van der Waals surface area contributed by atoms with E-state index in [1.54, 1.807) is 4.90 Å². The molecule has 0 atom stereocenters. The quantitative estimate of drug-likeness (QED) is 0.680. The maximum atomic E-state index is 12.7. The van der Waals surface area contributed by atoms with Crippen LogP contribution in [-0.2, 0) is 4.74 Å². The van der Waals surface area contributed by atoms with Gasteiger partial charge in [-0.3, -0.25) is 4.90 Å². The first-order valence-electron chi connectivity index (χ1n) is 8.53. The van der Waals surface area contributed by atoms with Crippen LogP contribution in [0.25, 0.3) is 0 Å². The zero-order chi connectivity index (χ0) is 17.0. The van der Waals surface area contributed by atoms with E-state index in [-0.39, 0.29) is 6.09 Å². The summed E-state index contributed by atoms with van der Waals surface area (Å²) in [5, 5.41) is 0.680. The van der Waals surface area contributed by atoms with Crippen molar-refractivity contribution in [3.63, 3.8) is 0 Å². The molecule has 0 N–H and O–H groups in total. The normalized spacial score (nSPS) is 16.2. The number of amides is 1. The van der Waals surface area contributed by atoms with E-state index >= 15 is 0 Å². The van der Waals surface area contributed by atoms with E-state index < -0.39 is 5.60 Å². The predicted molar refractivity (Wildman–Crippen MR) is 96.3 cm³/mol. The Labute approximate surface area is 145 Å². The molecule has 1 saturated carbocycles. The molecule has 1 aliphatic carbocycles. The van der Waals surface area contributed by atoms with E-state index in [1.165, 1.54) is 32.1 Å². The minimum Gasteiger partial charge on any atom is -0.443 e. The van der Waals surface area contributed by atoms with Crippen LogP contribution in [0.1, 0.15) is 58.4 Å². The summed E-state index contributed by atoms with van der Waals surface area (Å²) in [6, 6.07) is 5.77. The van der Waals surface area contributed by atoms with E-state index in [0.29, 0.717) is 17.5 Å². The number of halogens is 1. The minimum absolute atomic E-state index is 0.289. The fourth-order valence-electron chi connectivity index (χ4n) is 2.98. The summed E-state index contributed by atoms with van der Waals surface area (Å²) in [7, 11) is 0. The molecule has 0 aliphatic heterocycles. The molecule has 0 saturated heterocycles. The second kappa shape index (κ2) is 7.57. The molecule has 0 heterocycles. The van der Waals surface area contributed by atoms with Crippen LogP contribution < -0.4 is 4.90 Å². The average Bonchev–Trinajstić information content (AvgIpc) is 2.47. The fraction of sp³-hybridized carbons (Fsp3) is 0.632. The third-order valence-corrected chi connectivity index (χ3v) is 4.65. The van der Waals surface area contributed by atoms with Crippen LogP contribution in [0.2, 0.25) is 5.02 Å². The number of rotatable bonds is 3. The summed E-state index contributed by atoms with van der Waals surface area (Å²) in [5.41, 5.74) is 1.33. The molecule has 4 heteroatoms. The van der Waals surface area contributed by atoms with Crippen molar-refractivity contribution in [1.82, 2.24) is 0 Å². The average molecular weight is 338 g/mol. The SMILES string of the molecule is Cc1ccc(N(CC2CCCCC2)C(=O)OC(C)(C)C)cc1Cl. The molecule has 1 fully saturated rings. The molecule has 128 valence electrons. The fourth-order valence-corrected chi connectivity index (χ4v) is 3.15. The standard InChI is InChI=1S/C19H28ClNO2/c1-14-10-11-16(12-17(14)20)21(18(22)23-19(2,3)4)13-15-8-6-5-7-9-15/h10-12,15H,5-9,13H2,1-4H3. The van der Waals surface area contributed by atoms with Gasteiger partial charge in [-0.25, -0.2) is 4.79 Å². The Morgan fingerprint density at radius 2 is 1.91 bits per heavy atom. The van der Waals surface area contributed by atoms with Gasteiger partial charge in [0, 0.05) is 17.3 Å². The van der Waals surface area contributed by atoms with E-state index in [2.05, 4.69) is 0 Å². The monoisotopic (exact) mass is 337 g/mol. The van der Waals surface area contributed by atoms with Crippen molar-refractivity contribution in [1.29, 1.82) is 0 Å². The number of hydrogen-bond acceptors (Lipinski definition) is 2. The Balaban J connectivity index is 2.22. The molecule has 3 nitrogen and oxygen atoms in total. The second-order valence-corrected chi connectivity index (χ2v) is 7.94. The summed E-state index contributed by atoms with van der Waals surface area (Å²) in [6.45, 7) is 8.35. The van der Waals surface area contributed by atoms with Crippen LogP contribution in [0, 0.1) is 12.8 Å². The van der Waals surface area contributed by atoms with Gasteiger partial charge in [0.2, 0.25) is 0 Å². The van der Waals surface area contributed by atoms with Gasteiger partial charge < -0.3 is 4.74 Å². The molecule has 2 rings (SSSR count). The Bertz CT molecular complexity index is 545. The van der Waals surface area contributed by atoms with E-state index in [0.717, 1.165) is 11.3 Å². The lowest BCUT2D eigenvalue weighted by Gasteiger charge is -2.32. The van der Waals surface area contributed by atoms with Crippen LogP contribution in [0.4, 0.5) is 10.5 Å². The summed E-state index contributed by atoms with van der Waals surface area (Å²) in [6.07, 6.45) is 5.88. The number of hydrogen-bond donors (Lipinski definition) is 0. The van der Waals surface area contributed by atoms with Gasteiger partial charge in [0.25, 0.3) is 0 Å². The molecule has 23 heavy (non-hydrogen) atoms. The van der Waals surface area contributed by atoms with Gasteiger partial charge in [0.05, 0.1) is 0 Å². The van der Waals surface area contributed by atoms with Crippen molar-refractivity contribution in [2.75, 3.05) is 11.4 Å². The largest absolute Gasteiger partial charge is 0.443 e. The lowest BCUT2D eigenvalue weighted by Crippen LogP contribution is -2.40. The number of anilines is 1. The highest BCUT2D eigenvalue weighted by molar-refractivity contribution is 6.31. The molecule has 0 aromatic heterocycles. The Kier molecular flexibility index (Phi) is 5.96. The van der Waals surface area contributed by atoms with E-state index in [1.807, 2.05) is 45.9 Å². The van der Waals surface area contributed by atoms with Crippen LogP contribution in [0.5, 0.6) is 0 Å². The third kappa shape index (κ3) is 5.42. The number of nitrogens with zero attached hydrogens (tertiary/aromatic N) is 1. The topological polar surface area (TPSA) is 29.5 Å². The van der Waals surface area contributed by atoms with Crippen molar-refractivity contribution in [2.24, 2.45) is 5.92 Å². The maximum absolute atomic E-state index is 12.7. The first kappa shape index (κ1) is 18.1. The zero-order valence-corrected chi connectivity index (χ0v) is 15.4. The summed E-state index contributed by atoms with van der Waals surface area (Å²) >= 11 is 6.26. The smallest absolute Gasteiger partial charge is 0.414 e. The molecule has 1 amide bonds. The molecule has 1 aromatic carbocycles. The van der Waals surface area contributed by atoms with Gasteiger partial charge in [-0.15, -0.1) is 0 Å². The van der Waals surface area contributed by atoms with Crippen molar-refractivity contribution in [2.45, 2.75) is 65.4 Å². The molecular weight excluding hydrogens is 310 g/mol. The highest BCUT2D eigenvalue weighted by Gasteiger charge is 2.27. The van der Waals surface area contributed by atoms with Gasteiger partial charge in [-0.2, -0.15) is 0 Å². The Morgan fingerprint density at radius 1 is 1.26 bits per heavy atom. The summed E-state index contributed by atoms with van der Waals surface area (Å²) < 4.78 is 5.61. The van der Waals surface area contributed by atoms with Gasteiger partial charge in [-0.1, -0.05) is 36.9 Å². The number of aryl methyl sites for hydroxylation is 1. The molecule has 1 aliphatic rings.